The van der Waals surface area contributed by atoms with Crippen molar-refractivity contribution in [2.75, 3.05) is 13.1 Å². The Balaban J connectivity index is 1.42. The SMILES string of the molecule is Cc1ccc(C(=O)NC2CCN(C(=O)CCc3ccc(Cl)cc3)CC2)cc1. The molecule has 0 saturated carbocycles. The van der Waals surface area contributed by atoms with Crippen molar-refractivity contribution in [2.45, 2.75) is 38.6 Å². The summed E-state index contributed by atoms with van der Waals surface area (Å²) in [5, 5.41) is 3.80. The Morgan fingerprint density at radius 1 is 1.04 bits per heavy atom. The number of piperidine rings is 1. The van der Waals surface area contributed by atoms with E-state index in [4.69, 9.17) is 11.6 Å². The molecule has 0 spiro atoms. The van der Waals surface area contributed by atoms with Crippen LogP contribution in [0.4, 0.5) is 0 Å². The first-order chi connectivity index (χ1) is 13.0. The van der Waals surface area contributed by atoms with Crippen LogP contribution < -0.4 is 5.32 Å². The number of rotatable bonds is 5. The summed E-state index contributed by atoms with van der Waals surface area (Å²) >= 11 is 5.89. The molecule has 1 heterocycles. The summed E-state index contributed by atoms with van der Waals surface area (Å²) in [5.41, 5.74) is 2.94. The average molecular weight is 385 g/mol. The molecule has 0 atom stereocenters. The van der Waals surface area contributed by atoms with Crippen LogP contribution in [0.5, 0.6) is 0 Å². The van der Waals surface area contributed by atoms with Gasteiger partial charge in [-0.15, -0.1) is 0 Å². The molecular weight excluding hydrogens is 360 g/mol. The summed E-state index contributed by atoms with van der Waals surface area (Å²) in [7, 11) is 0. The quantitative estimate of drug-likeness (QED) is 0.846. The molecule has 2 amide bonds. The van der Waals surface area contributed by atoms with Crippen LogP contribution >= 0.6 is 11.6 Å². The second-order valence-electron chi connectivity index (χ2n) is 7.12. The maximum Gasteiger partial charge on any atom is 0.251 e. The van der Waals surface area contributed by atoms with Crippen molar-refractivity contribution in [1.29, 1.82) is 0 Å². The lowest BCUT2D eigenvalue weighted by Gasteiger charge is -2.32. The third kappa shape index (κ3) is 5.57. The van der Waals surface area contributed by atoms with Crippen molar-refractivity contribution < 1.29 is 9.59 Å². The predicted octanol–water partition coefficient (Wildman–Crippen LogP) is 4.00. The lowest BCUT2D eigenvalue weighted by Crippen LogP contribution is -2.46. The number of carbonyl (C=O) groups excluding carboxylic acids is 2. The van der Waals surface area contributed by atoms with Crippen LogP contribution in [0.3, 0.4) is 0 Å². The van der Waals surface area contributed by atoms with E-state index in [1.54, 1.807) is 0 Å². The van der Waals surface area contributed by atoms with Crippen LogP contribution in [-0.2, 0) is 11.2 Å². The van der Waals surface area contributed by atoms with Gasteiger partial charge in [-0.25, -0.2) is 0 Å². The van der Waals surface area contributed by atoms with Crippen LogP contribution in [0.15, 0.2) is 48.5 Å². The Hall–Kier alpha value is -2.33. The number of hydrogen-bond acceptors (Lipinski definition) is 2. The van der Waals surface area contributed by atoms with Crippen LogP contribution in [0.1, 0.15) is 40.7 Å². The second-order valence-corrected chi connectivity index (χ2v) is 7.56. The number of carbonyl (C=O) groups is 2. The smallest absolute Gasteiger partial charge is 0.251 e. The Morgan fingerprint density at radius 2 is 1.67 bits per heavy atom. The molecule has 3 rings (SSSR count). The van der Waals surface area contributed by atoms with Gasteiger partial charge in [0.15, 0.2) is 0 Å². The molecule has 1 saturated heterocycles. The zero-order chi connectivity index (χ0) is 19.2. The summed E-state index contributed by atoms with van der Waals surface area (Å²) in [6.45, 7) is 3.39. The molecule has 0 aliphatic carbocycles. The molecule has 1 aliphatic heterocycles. The molecule has 5 heteroatoms. The third-order valence-electron chi connectivity index (χ3n) is 5.04. The second kappa shape index (κ2) is 9.05. The van der Waals surface area contributed by atoms with E-state index >= 15 is 0 Å². The zero-order valence-corrected chi connectivity index (χ0v) is 16.3. The topological polar surface area (TPSA) is 49.4 Å². The molecule has 0 bridgehead atoms. The molecule has 2 aromatic carbocycles. The lowest BCUT2D eigenvalue weighted by molar-refractivity contribution is -0.132. The van der Waals surface area contributed by atoms with Crippen molar-refractivity contribution in [1.82, 2.24) is 10.2 Å². The molecule has 4 nitrogen and oxygen atoms in total. The van der Waals surface area contributed by atoms with E-state index in [9.17, 15) is 9.59 Å². The summed E-state index contributed by atoms with van der Waals surface area (Å²) in [6.07, 6.45) is 2.82. The minimum Gasteiger partial charge on any atom is -0.349 e. The predicted molar refractivity (Wildman–Crippen MR) is 108 cm³/mol. The largest absolute Gasteiger partial charge is 0.349 e. The molecule has 0 aromatic heterocycles. The first-order valence-corrected chi connectivity index (χ1v) is 9.79. The maximum atomic E-state index is 12.4. The molecular formula is C22H25ClN2O2. The van der Waals surface area contributed by atoms with Gasteiger partial charge in [-0.2, -0.15) is 0 Å². The highest BCUT2D eigenvalue weighted by Gasteiger charge is 2.23. The number of nitrogens with one attached hydrogen (secondary N) is 1. The van der Waals surface area contributed by atoms with E-state index in [0.717, 1.165) is 30.4 Å². The fourth-order valence-electron chi connectivity index (χ4n) is 3.31. The Kier molecular flexibility index (Phi) is 6.51. The normalized spacial score (nSPS) is 14.8. The van der Waals surface area contributed by atoms with Crippen LogP contribution in [0.25, 0.3) is 0 Å². The van der Waals surface area contributed by atoms with Gasteiger partial charge in [-0.1, -0.05) is 41.4 Å². The first kappa shape index (κ1) is 19.4. The highest BCUT2D eigenvalue weighted by Crippen LogP contribution is 2.15. The average Bonchev–Trinajstić information content (AvgIpc) is 2.68. The molecule has 0 unspecified atom stereocenters. The van der Waals surface area contributed by atoms with Crippen molar-refractivity contribution >= 4 is 23.4 Å². The Bertz CT molecular complexity index is 779. The van der Waals surface area contributed by atoms with E-state index < -0.39 is 0 Å². The number of amides is 2. The summed E-state index contributed by atoms with van der Waals surface area (Å²) < 4.78 is 0. The summed E-state index contributed by atoms with van der Waals surface area (Å²) in [4.78, 5) is 26.7. The van der Waals surface area contributed by atoms with Crippen molar-refractivity contribution in [3.8, 4) is 0 Å². The van der Waals surface area contributed by atoms with Gasteiger partial charge in [-0.05, 0) is 56.0 Å². The molecule has 1 aliphatic rings. The minimum atomic E-state index is -0.0393. The summed E-state index contributed by atoms with van der Waals surface area (Å²) in [6, 6.07) is 15.3. The summed E-state index contributed by atoms with van der Waals surface area (Å²) in [5.74, 6) is 0.135. The van der Waals surface area contributed by atoms with Crippen molar-refractivity contribution in [2.24, 2.45) is 0 Å². The van der Waals surface area contributed by atoms with Gasteiger partial charge in [0.2, 0.25) is 5.91 Å². The monoisotopic (exact) mass is 384 g/mol. The van der Waals surface area contributed by atoms with E-state index in [1.807, 2.05) is 60.4 Å². The Labute approximate surface area is 165 Å². The van der Waals surface area contributed by atoms with Gasteiger partial charge in [0, 0.05) is 36.1 Å². The zero-order valence-electron chi connectivity index (χ0n) is 15.6. The van der Waals surface area contributed by atoms with Gasteiger partial charge < -0.3 is 10.2 Å². The van der Waals surface area contributed by atoms with Gasteiger partial charge >= 0.3 is 0 Å². The van der Waals surface area contributed by atoms with Crippen LogP contribution in [0.2, 0.25) is 5.02 Å². The number of benzene rings is 2. The first-order valence-electron chi connectivity index (χ1n) is 9.41. The molecule has 0 radical (unpaired) electrons. The van der Waals surface area contributed by atoms with Gasteiger partial charge in [0.1, 0.15) is 0 Å². The number of halogens is 1. The number of nitrogens with zero attached hydrogens (tertiary/aromatic N) is 1. The van der Waals surface area contributed by atoms with Crippen molar-refractivity contribution in [3.05, 3.63) is 70.2 Å². The van der Waals surface area contributed by atoms with Crippen molar-refractivity contribution in [3.63, 3.8) is 0 Å². The third-order valence-corrected chi connectivity index (χ3v) is 5.29. The highest BCUT2D eigenvalue weighted by atomic mass is 35.5. The fraction of sp³-hybridized carbons (Fsp3) is 0.364. The molecule has 1 fully saturated rings. The van der Waals surface area contributed by atoms with Crippen LogP contribution in [-0.4, -0.2) is 35.8 Å². The Morgan fingerprint density at radius 3 is 2.30 bits per heavy atom. The van der Waals surface area contributed by atoms with E-state index in [-0.39, 0.29) is 17.9 Å². The van der Waals surface area contributed by atoms with E-state index in [2.05, 4.69) is 5.32 Å². The molecule has 142 valence electrons. The minimum absolute atomic E-state index is 0.0393. The van der Waals surface area contributed by atoms with E-state index in [0.29, 0.717) is 30.1 Å². The molecule has 27 heavy (non-hydrogen) atoms. The number of aryl methyl sites for hydroxylation is 2. The fourth-order valence-corrected chi connectivity index (χ4v) is 3.43. The van der Waals surface area contributed by atoms with Gasteiger partial charge in [-0.3, -0.25) is 9.59 Å². The number of hydrogen-bond donors (Lipinski definition) is 1. The van der Waals surface area contributed by atoms with E-state index in [1.165, 1.54) is 0 Å². The molecule has 2 aromatic rings. The standard InChI is InChI=1S/C22H25ClN2O2/c1-16-2-7-18(8-3-16)22(27)24-20-12-14-25(15-13-20)21(26)11-6-17-4-9-19(23)10-5-17/h2-5,7-10,20H,6,11-15H2,1H3,(H,24,27). The number of likely N-dealkylation sites (tertiary alicyclic amines) is 1. The van der Waals surface area contributed by atoms with Crippen LogP contribution in [0, 0.1) is 6.92 Å². The maximum absolute atomic E-state index is 12.4. The highest BCUT2D eigenvalue weighted by molar-refractivity contribution is 6.30. The molecule has 1 N–H and O–H groups in total. The van der Waals surface area contributed by atoms with Gasteiger partial charge in [0.25, 0.3) is 5.91 Å². The van der Waals surface area contributed by atoms with Gasteiger partial charge in [0.05, 0.1) is 0 Å². The lowest BCUT2D eigenvalue weighted by atomic mass is 10.0.